The van der Waals surface area contributed by atoms with Crippen molar-refractivity contribution >= 4 is 5.97 Å². The molecule has 1 rings (SSSR count). The number of hydrogen-bond acceptors (Lipinski definition) is 5. The summed E-state index contributed by atoms with van der Waals surface area (Å²) in [7, 11) is 0. The second kappa shape index (κ2) is 8.24. The molecule has 1 saturated heterocycles. The Hall–Kier alpha value is -0.910. The summed E-state index contributed by atoms with van der Waals surface area (Å²) in [6, 6.07) is 0. The first-order valence-electron chi connectivity index (χ1n) is 6.48. The fourth-order valence-electron chi connectivity index (χ4n) is 1.76. The third-order valence-corrected chi connectivity index (χ3v) is 2.94. The van der Waals surface area contributed by atoms with Crippen LogP contribution < -0.4 is 0 Å². The molecule has 0 amide bonds. The molecule has 0 radical (unpaired) electrons. The highest BCUT2D eigenvalue weighted by Crippen LogP contribution is 2.03. The van der Waals surface area contributed by atoms with Crippen molar-refractivity contribution in [1.29, 1.82) is 0 Å². The van der Waals surface area contributed by atoms with E-state index < -0.39 is 0 Å². The van der Waals surface area contributed by atoms with Gasteiger partial charge < -0.3 is 9.47 Å². The zero-order valence-electron chi connectivity index (χ0n) is 11.5. The zero-order chi connectivity index (χ0) is 13.4. The summed E-state index contributed by atoms with van der Waals surface area (Å²) < 4.78 is 10.4. The Bertz CT molecular complexity index is 281. The lowest BCUT2D eigenvalue weighted by Gasteiger charge is -2.16. The van der Waals surface area contributed by atoms with Gasteiger partial charge in [0.05, 0.1) is 19.9 Å². The predicted octanol–water partition coefficient (Wildman–Crippen LogP) is 0.717. The molecule has 0 atom stereocenters. The first kappa shape index (κ1) is 15.1. The van der Waals surface area contributed by atoms with Crippen molar-refractivity contribution in [3.8, 4) is 0 Å². The molecule has 0 spiro atoms. The third-order valence-electron chi connectivity index (χ3n) is 2.94. The van der Waals surface area contributed by atoms with E-state index in [2.05, 4.69) is 23.3 Å². The van der Waals surface area contributed by atoms with Gasteiger partial charge in [0.25, 0.3) is 0 Å². The average Bonchev–Trinajstić information content (AvgIpc) is 2.81. The smallest absolute Gasteiger partial charge is 0.333 e. The SMILES string of the molecule is C=C(C)C(=O)OCCOCCN1CCN(CC)C1. The molecule has 1 aliphatic rings. The molecular weight excluding hydrogens is 232 g/mol. The number of nitrogens with zero attached hydrogens (tertiary/aromatic N) is 2. The minimum absolute atomic E-state index is 0.298. The molecule has 0 bridgehead atoms. The molecule has 0 unspecified atom stereocenters. The van der Waals surface area contributed by atoms with Crippen molar-refractivity contribution in [2.75, 3.05) is 52.7 Å². The first-order chi connectivity index (χ1) is 8.63. The van der Waals surface area contributed by atoms with Crippen LogP contribution in [0.15, 0.2) is 12.2 Å². The van der Waals surface area contributed by atoms with Crippen molar-refractivity contribution in [1.82, 2.24) is 9.80 Å². The van der Waals surface area contributed by atoms with Crippen LogP contribution in [0.4, 0.5) is 0 Å². The van der Waals surface area contributed by atoms with E-state index in [1.165, 1.54) is 0 Å². The second-order valence-electron chi connectivity index (χ2n) is 4.50. The van der Waals surface area contributed by atoms with Gasteiger partial charge in [-0.05, 0) is 13.5 Å². The molecular formula is C13H24N2O3. The van der Waals surface area contributed by atoms with Gasteiger partial charge in [-0.3, -0.25) is 9.80 Å². The first-order valence-corrected chi connectivity index (χ1v) is 6.48. The molecule has 0 aromatic carbocycles. The molecule has 104 valence electrons. The summed E-state index contributed by atoms with van der Waals surface area (Å²) in [6.45, 7) is 14.1. The quantitative estimate of drug-likeness (QED) is 0.363. The third kappa shape index (κ3) is 5.62. The van der Waals surface area contributed by atoms with Gasteiger partial charge in [0, 0.05) is 25.2 Å². The van der Waals surface area contributed by atoms with Gasteiger partial charge in [0.1, 0.15) is 6.61 Å². The summed E-state index contributed by atoms with van der Waals surface area (Å²) in [5.74, 6) is -0.350. The molecule has 0 aromatic rings. The van der Waals surface area contributed by atoms with E-state index in [1.54, 1.807) is 6.92 Å². The number of rotatable bonds is 8. The van der Waals surface area contributed by atoms with Crippen LogP contribution >= 0.6 is 0 Å². The number of likely N-dealkylation sites (N-methyl/N-ethyl adjacent to an activating group) is 1. The highest BCUT2D eigenvalue weighted by Gasteiger charge is 2.17. The van der Waals surface area contributed by atoms with E-state index in [4.69, 9.17) is 9.47 Å². The second-order valence-corrected chi connectivity index (χ2v) is 4.50. The van der Waals surface area contributed by atoms with Crippen molar-refractivity contribution in [2.45, 2.75) is 13.8 Å². The van der Waals surface area contributed by atoms with E-state index in [1.807, 2.05) is 0 Å². The zero-order valence-corrected chi connectivity index (χ0v) is 11.5. The number of hydrogen-bond donors (Lipinski definition) is 0. The van der Waals surface area contributed by atoms with Gasteiger partial charge in [-0.15, -0.1) is 0 Å². The topological polar surface area (TPSA) is 42.0 Å². The van der Waals surface area contributed by atoms with Crippen molar-refractivity contribution in [3.63, 3.8) is 0 Å². The molecule has 0 aliphatic carbocycles. The summed E-state index contributed by atoms with van der Waals surface area (Å²) >= 11 is 0. The Morgan fingerprint density at radius 1 is 1.22 bits per heavy atom. The Kier molecular flexibility index (Phi) is 6.93. The average molecular weight is 256 g/mol. The minimum atomic E-state index is -0.350. The predicted molar refractivity (Wildman–Crippen MR) is 70.3 cm³/mol. The molecule has 18 heavy (non-hydrogen) atoms. The number of esters is 1. The summed E-state index contributed by atoms with van der Waals surface area (Å²) in [4.78, 5) is 15.8. The number of carbonyl (C=O) groups is 1. The van der Waals surface area contributed by atoms with Crippen LogP contribution in [0.25, 0.3) is 0 Å². The Morgan fingerprint density at radius 2 is 1.94 bits per heavy atom. The van der Waals surface area contributed by atoms with Gasteiger partial charge >= 0.3 is 5.97 Å². The Morgan fingerprint density at radius 3 is 2.56 bits per heavy atom. The van der Waals surface area contributed by atoms with Crippen LogP contribution in [-0.4, -0.2) is 68.4 Å². The van der Waals surface area contributed by atoms with Gasteiger partial charge in [0.2, 0.25) is 0 Å². The maximum Gasteiger partial charge on any atom is 0.333 e. The minimum Gasteiger partial charge on any atom is -0.460 e. The van der Waals surface area contributed by atoms with Crippen LogP contribution in [0.2, 0.25) is 0 Å². The fraction of sp³-hybridized carbons (Fsp3) is 0.769. The van der Waals surface area contributed by atoms with Gasteiger partial charge in [-0.25, -0.2) is 4.79 Å². The van der Waals surface area contributed by atoms with Crippen LogP contribution in [0.1, 0.15) is 13.8 Å². The van der Waals surface area contributed by atoms with Crippen LogP contribution in [-0.2, 0) is 14.3 Å². The maximum absolute atomic E-state index is 11.1. The molecule has 5 nitrogen and oxygen atoms in total. The van der Waals surface area contributed by atoms with E-state index >= 15 is 0 Å². The summed E-state index contributed by atoms with van der Waals surface area (Å²) in [6.07, 6.45) is 0. The molecule has 0 N–H and O–H groups in total. The Labute approximate surface area is 109 Å². The van der Waals surface area contributed by atoms with Crippen LogP contribution in [0, 0.1) is 0 Å². The largest absolute Gasteiger partial charge is 0.460 e. The standard InChI is InChI=1S/C13H24N2O3/c1-4-14-5-6-15(11-14)7-8-17-9-10-18-13(16)12(2)3/h2,4-11H2,1,3H3. The summed E-state index contributed by atoms with van der Waals surface area (Å²) in [5.41, 5.74) is 0.423. The highest BCUT2D eigenvalue weighted by atomic mass is 16.6. The highest BCUT2D eigenvalue weighted by molar-refractivity contribution is 5.86. The molecule has 5 heteroatoms. The number of carbonyl (C=O) groups excluding carboxylic acids is 1. The molecule has 1 aliphatic heterocycles. The normalized spacial score (nSPS) is 17.0. The van der Waals surface area contributed by atoms with E-state index in [-0.39, 0.29) is 5.97 Å². The molecule has 0 saturated carbocycles. The molecule has 0 aromatic heterocycles. The number of ether oxygens (including phenoxy) is 2. The summed E-state index contributed by atoms with van der Waals surface area (Å²) in [5, 5.41) is 0. The van der Waals surface area contributed by atoms with Crippen molar-refractivity contribution in [2.24, 2.45) is 0 Å². The lowest BCUT2D eigenvalue weighted by molar-refractivity contribution is -0.140. The van der Waals surface area contributed by atoms with E-state index in [9.17, 15) is 4.79 Å². The lowest BCUT2D eigenvalue weighted by atomic mass is 10.4. The van der Waals surface area contributed by atoms with Gasteiger partial charge in [-0.1, -0.05) is 13.5 Å². The van der Waals surface area contributed by atoms with Crippen LogP contribution in [0.5, 0.6) is 0 Å². The van der Waals surface area contributed by atoms with Crippen molar-refractivity contribution in [3.05, 3.63) is 12.2 Å². The van der Waals surface area contributed by atoms with E-state index in [0.717, 1.165) is 32.8 Å². The monoisotopic (exact) mass is 256 g/mol. The van der Waals surface area contributed by atoms with Crippen molar-refractivity contribution < 1.29 is 14.3 Å². The lowest BCUT2D eigenvalue weighted by Crippen LogP contribution is -2.28. The maximum atomic E-state index is 11.1. The molecule has 1 fully saturated rings. The Balaban J connectivity index is 1.93. The molecule has 1 heterocycles. The fourth-order valence-corrected chi connectivity index (χ4v) is 1.76. The van der Waals surface area contributed by atoms with Gasteiger partial charge in [-0.2, -0.15) is 0 Å². The van der Waals surface area contributed by atoms with Gasteiger partial charge in [0.15, 0.2) is 0 Å². The van der Waals surface area contributed by atoms with Crippen LogP contribution in [0.3, 0.4) is 0 Å². The van der Waals surface area contributed by atoms with E-state index in [0.29, 0.717) is 25.4 Å².